The lowest BCUT2D eigenvalue weighted by Crippen LogP contribution is -2.21. The number of carbonyl (C=O) groups is 1. The molecule has 20 heavy (non-hydrogen) atoms. The normalized spacial score (nSPS) is 13.4. The van der Waals surface area contributed by atoms with Gasteiger partial charge in [0.05, 0.1) is 13.2 Å². The molecule has 0 radical (unpaired) electrons. The molecule has 2 rings (SSSR count). The molecule has 5 nitrogen and oxygen atoms in total. The van der Waals surface area contributed by atoms with Crippen LogP contribution in [-0.4, -0.2) is 45.9 Å². The van der Waals surface area contributed by atoms with Crippen molar-refractivity contribution in [2.24, 2.45) is 0 Å². The zero-order valence-electron chi connectivity index (χ0n) is 12.1. The number of nitrogens with one attached hydrogen (secondary N) is 1. The zero-order chi connectivity index (χ0) is 14.4. The second kappa shape index (κ2) is 7.26. The third kappa shape index (κ3) is 3.71. The Hall–Kier alpha value is -1.59. The van der Waals surface area contributed by atoms with Crippen molar-refractivity contribution in [2.75, 3.05) is 50.2 Å². The number of rotatable bonds is 7. The Morgan fingerprint density at radius 1 is 1.40 bits per heavy atom. The average Bonchev–Trinajstić information content (AvgIpc) is 2.86. The minimum absolute atomic E-state index is 0.0535. The van der Waals surface area contributed by atoms with E-state index in [0.29, 0.717) is 13.2 Å². The summed E-state index contributed by atoms with van der Waals surface area (Å²) in [6.45, 7) is 5.17. The molecule has 1 aliphatic heterocycles. The minimum atomic E-state index is -0.137. The lowest BCUT2D eigenvalue weighted by atomic mass is 10.1. The first-order valence-corrected chi connectivity index (χ1v) is 6.99. The average molecular weight is 278 g/mol. The summed E-state index contributed by atoms with van der Waals surface area (Å²) in [5.74, 6) is -0.137. The van der Waals surface area contributed by atoms with Crippen LogP contribution in [-0.2, 0) is 20.7 Å². The molecule has 0 spiro atoms. The summed E-state index contributed by atoms with van der Waals surface area (Å²) in [7, 11) is 1.60. The Morgan fingerprint density at radius 2 is 2.25 bits per heavy atom. The number of hydrogen-bond acceptors (Lipinski definition) is 4. The highest BCUT2D eigenvalue weighted by atomic mass is 16.5. The summed E-state index contributed by atoms with van der Waals surface area (Å²) in [6.07, 6.45) is 1.08. The van der Waals surface area contributed by atoms with Crippen LogP contribution < -0.4 is 10.2 Å². The standard InChI is InChI=1S/C15H22N2O3/c1-3-17-7-6-12-4-5-13(10-14(12)17)16-15(18)11-20-9-8-19-2/h4-5,10H,3,6-9,11H2,1-2H3,(H,16,18). The van der Waals surface area contributed by atoms with E-state index in [4.69, 9.17) is 9.47 Å². The molecule has 1 amide bonds. The number of hydrogen-bond donors (Lipinski definition) is 1. The van der Waals surface area contributed by atoms with Gasteiger partial charge in [-0.2, -0.15) is 0 Å². The second-order valence-electron chi connectivity index (χ2n) is 4.77. The number of amides is 1. The SMILES string of the molecule is CCN1CCc2ccc(NC(=O)COCCOC)cc21. The highest BCUT2D eigenvalue weighted by Crippen LogP contribution is 2.30. The molecular formula is C15H22N2O3. The number of methoxy groups -OCH3 is 1. The van der Waals surface area contributed by atoms with Gasteiger partial charge in [0, 0.05) is 31.6 Å². The van der Waals surface area contributed by atoms with Crippen LogP contribution in [0.5, 0.6) is 0 Å². The van der Waals surface area contributed by atoms with Gasteiger partial charge in [-0.25, -0.2) is 0 Å². The van der Waals surface area contributed by atoms with E-state index in [1.165, 1.54) is 11.3 Å². The largest absolute Gasteiger partial charge is 0.382 e. The molecule has 0 aromatic heterocycles. The van der Waals surface area contributed by atoms with Gasteiger partial charge in [-0.05, 0) is 31.0 Å². The van der Waals surface area contributed by atoms with Gasteiger partial charge in [0.15, 0.2) is 0 Å². The van der Waals surface area contributed by atoms with E-state index in [9.17, 15) is 4.79 Å². The quantitative estimate of drug-likeness (QED) is 0.771. The van der Waals surface area contributed by atoms with Crippen molar-refractivity contribution < 1.29 is 14.3 Å². The first kappa shape index (κ1) is 14.8. The van der Waals surface area contributed by atoms with Crippen LogP contribution >= 0.6 is 0 Å². The number of ether oxygens (including phenoxy) is 2. The van der Waals surface area contributed by atoms with Gasteiger partial charge in [-0.3, -0.25) is 4.79 Å². The van der Waals surface area contributed by atoms with Crippen LogP contribution in [0.15, 0.2) is 18.2 Å². The molecule has 0 fully saturated rings. The van der Waals surface area contributed by atoms with Crippen LogP contribution in [0.4, 0.5) is 11.4 Å². The van der Waals surface area contributed by atoms with Gasteiger partial charge in [0.2, 0.25) is 5.91 Å². The van der Waals surface area contributed by atoms with Crippen LogP contribution in [0.2, 0.25) is 0 Å². The van der Waals surface area contributed by atoms with E-state index in [-0.39, 0.29) is 12.5 Å². The van der Waals surface area contributed by atoms with Crippen LogP contribution in [0.3, 0.4) is 0 Å². The lowest BCUT2D eigenvalue weighted by molar-refractivity contribution is -0.121. The fourth-order valence-corrected chi connectivity index (χ4v) is 2.36. The molecule has 1 heterocycles. The molecule has 0 atom stereocenters. The fourth-order valence-electron chi connectivity index (χ4n) is 2.36. The molecule has 0 unspecified atom stereocenters. The molecule has 1 aliphatic rings. The topological polar surface area (TPSA) is 50.8 Å². The maximum Gasteiger partial charge on any atom is 0.250 e. The molecule has 0 bridgehead atoms. The monoisotopic (exact) mass is 278 g/mol. The number of benzene rings is 1. The summed E-state index contributed by atoms with van der Waals surface area (Å²) in [5.41, 5.74) is 3.40. The summed E-state index contributed by atoms with van der Waals surface area (Å²) in [5, 5.41) is 2.86. The van der Waals surface area contributed by atoms with Crippen molar-refractivity contribution in [3.8, 4) is 0 Å². The number of carbonyl (C=O) groups excluding carboxylic acids is 1. The van der Waals surface area contributed by atoms with Crippen LogP contribution in [0, 0.1) is 0 Å². The lowest BCUT2D eigenvalue weighted by Gasteiger charge is -2.17. The van der Waals surface area contributed by atoms with Crippen molar-refractivity contribution in [1.29, 1.82) is 0 Å². The van der Waals surface area contributed by atoms with E-state index in [1.54, 1.807) is 7.11 Å². The van der Waals surface area contributed by atoms with E-state index < -0.39 is 0 Å². The maximum absolute atomic E-state index is 11.7. The highest BCUT2D eigenvalue weighted by molar-refractivity contribution is 5.92. The zero-order valence-corrected chi connectivity index (χ0v) is 12.1. The van der Waals surface area contributed by atoms with Crippen molar-refractivity contribution >= 4 is 17.3 Å². The summed E-state index contributed by atoms with van der Waals surface area (Å²) >= 11 is 0. The maximum atomic E-state index is 11.7. The van der Waals surface area contributed by atoms with Gasteiger partial charge in [0.25, 0.3) is 0 Å². The van der Waals surface area contributed by atoms with E-state index in [0.717, 1.165) is 25.2 Å². The van der Waals surface area contributed by atoms with Crippen LogP contribution in [0.1, 0.15) is 12.5 Å². The van der Waals surface area contributed by atoms with Crippen molar-refractivity contribution in [3.63, 3.8) is 0 Å². The van der Waals surface area contributed by atoms with Gasteiger partial charge < -0.3 is 19.7 Å². The Morgan fingerprint density at radius 3 is 3.00 bits per heavy atom. The predicted octanol–water partition coefficient (Wildman–Crippen LogP) is 1.67. The molecule has 0 saturated carbocycles. The van der Waals surface area contributed by atoms with Crippen molar-refractivity contribution in [1.82, 2.24) is 0 Å². The first-order valence-electron chi connectivity index (χ1n) is 6.99. The predicted molar refractivity (Wildman–Crippen MR) is 79.4 cm³/mol. The molecule has 0 saturated heterocycles. The van der Waals surface area contributed by atoms with E-state index >= 15 is 0 Å². The van der Waals surface area contributed by atoms with Crippen LogP contribution in [0.25, 0.3) is 0 Å². The Labute approximate surface area is 119 Å². The second-order valence-corrected chi connectivity index (χ2v) is 4.77. The molecule has 1 aromatic carbocycles. The summed E-state index contributed by atoms with van der Waals surface area (Å²) < 4.78 is 10.0. The first-order chi connectivity index (χ1) is 9.74. The molecule has 5 heteroatoms. The number of likely N-dealkylation sites (N-methyl/N-ethyl adjacent to an activating group) is 1. The van der Waals surface area contributed by atoms with E-state index in [2.05, 4.69) is 23.2 Å². The Bertz CT molecular complexity index is 462. The fraction of sp³-hybridized carbons (Fsp3) is 0.533. The minimum Gasteiger partial charge on any atom is -0.382 e. The van der Waals surface area contributed by atoms with E-state index in [1.807, 2.05) is 12.1 Å². The highest BCUT2D eigenvalue weighted by Gasteiger charge is 2.18. The number of fused-ring (bicyclic) bond motifs is 1. The smallest absolute Gasteiger partial charge is 0.250 e. The molecule has 0 aliphatic carbocycles. The summed E-state index contributed by atoms with van der Waals surface area (Å²) in [4.78, 5) is 14.1. The van der Waals surface area contributed by atoms with Gasteiger partial charge in [-0.15, -0.1) is 0 Å². The Kier molecular flexibility index (Phi) is 5.38. The molecule has 1 aromatic rings. The van der Waals surface area contributed by atoms with Crippen molar-refractivity contribution in [3.05, 3.63) is 23.8 Å². The molecule has 1 N–H and O–H groups in total. The number of nitrogens with zero attached hydrogens (tertiary/aromatic N) is 1. The van der Waals surface area contributed by atoms with Gasteiger partial charge in [0.1, 0.15) is 6.61 Å². The molecule has 110 valence electrons. The van der Waals surface area contributed by atoms with Crippen molar-refractivity contribution in [2.45, 2.75) is 13.3 Å². The summed E-state index contributed by atoms with van der Waals surface area (Å²) in [6, 6.07) is 6.08. The molecular weight excluding hydrogens is 256 g/mol. The third-order valence-corrected chi connectivity index (χ3v) is 3.41. The van der Waals surface area contributed by atoms with Gasteiger partial charge in [-0.1, -0.05) is 6.07 Å². The van der Waals surface area contributed by atoms with Gasteiger partial charge >= 0.3 is 0 Å². The third-order valence-electron chi connectivity index (χ3n) is 3.41. The Balaban J connectivity index is 1.89. The number of anilines is 2.